The maximum atomic E-state index is 14.0. The second kappa shape index (κ2) is 7.51. The lowest BCUT2D eigenvalue weighted by molar-refractivity contribution is -0.278. The number of phenolic OH excluding ortho intramolecular Hbond substituents is 1. The van der Waals surface area contributed by atoms with Crippen LogP contribution in [0.4, 0.5) is 13.2 Å². The van der Waals surface area contributed by atoms with Gasteiger partial charge in [0.15, 0.2) is 5.78 Å². The van der Waals surface area contributed by atoms with Gasteiger partial charge in [0.25, 0.3) is 5.60 Å². The van der Waals surface area contributed by atoms with Gasteiger partial charge in [-0.3, -0.25) is 4.79 Å². The molecule has 0 saturated carbocycles. The summed E-state index contributed by atoms with van der Waals surface area (Å²) in [6.45, 7) is 1.65. The number of aromatic hydroxyl groups is 1. The molecule has 2 aromatic carbocycles. The molecule has 0 saturated heterocycles. The van der Waals surface area contributed by atoms with Gasteiger partial charge in [-0.1, -0.05) is 36.4 Å². The summed E-state index contributed by atoms with van der Waals surface area (Å²) in [6.07, 6.45) is -6.28. The van der Waals surface area contributed by atoms with E-state index in [-0.39, 0.29) is 35.5 Å². The van der Waals surface area contributed by atoms with E-state index in [1.54, 1.807) is 6.92 Å². The van der Waals surface area contributed by atoms with Gasteiger partial charge in [-0.25, -0.2) is 4.79 Å². The number of alkyl halides is 3. The first-order valence-corrected chi connectivity index (χ1v) is 8.87. The van der Waals surface area contributed by atoms with Crippen molar-refractivity contribution in [2.24, 2.45) is 0 Å². The van der Waals surface area contributed by atoms with Crippen LogP contribution >= 0.6 is 0 Å². The van der Waals surface area contributed by atoms with Gasteiger partial charge >= 0.3 is 12.1 Å². The Morgan fingerprint density at radius 3 is 2.41 bits per heavy atom. The van der Waals surface area contributed by atoms with Crippen molar-refractivity contribution in [3.8, 4) is 5.75 Å². The topological polar surface area (TPSA) is 72.8 Å². The van der Waals surface area contributed by atoms with Gasteiger partial charge in [-0.15, -0.1) is 0 Å². The number of phenols is 1. The molecule has 1 aliphatic rings. The van der Waals surface area contributed by atoms with Gasteiger partial charge in [0.2, 0.25) is 0 Å². The van der Waals surface area contributed by atoms with Crippen molar-refractivity contribution < 1.29 is 37.3 Å². The van der Waals surface area contributed by atoms with E-state index in [0.29, 0.717) is 5.56 Å². The lowest BCUT2D eigenvalue weighted by Gasteiger charge is -2.35. The van der Waals surface area contributed by atoms with E-state index in [1.165, 1.54) is 30.3 Å². The summed E-state index contributed by atoms with van der Waals surface area (Å²) < 4.78 is 52.1. The third-order valence-corrected chi connectivity index (χ3v) is 4.97. The number of ketones is 1. The number of carbonyl (C=O) groups excluding carboxylic acids is 2. The van der Waals surface area contributed by atoms with Gasteiger partial charge in [0.1, 0.15) is 11.9 Å². The molecule has 0 unspecified atom stereocenters. The lowest BCUT2D eigenvalue weighted by atomic mass is 9.86. The predicted molar refractivity (Wildman–Crippen MR) is 96.4 cm³/mol. The van der Waals surface area contributed by atoms with Crippen molar-refractivity contribution in [2.45, 2.75) is 37.6 Å². The van der Waals surface area contributed by atoms with Crippen molar-refractivity contribution in [3.05, 3.63) is 64.7 Å². The smallest absolute Gasteiger partial charge is 0.432 e. The molecule has 0 radical (unpaired) electrons. The van der Waals surface area contributed by atoms with E-state index in [0.717, 1.165) is 19.2 Å². The summed E-state index contributed by atoms with van der Waals surface area (Å²) in [5.41, 5.74) is -3.00. The fourth-order valence-corrected chi connectivity index (χ4v) is 3.62. The fraction of sp³-hybridized carbons (Fsp3) is 0.333. The quantitative estimate of drug-likeness (QED) is 0.761. The van der Waals surface area contributed by atoms with Crippen molar-refractivity contribution in [1.29, 1.82) is 0 Å². The van der Waals surface area contributed by atoms with Crippen LogP contribution in [0.25, 0.3) is 0 Å². The highest BCUT2D eigenvalue weighted by Crippen LogP contribution is 2.45. The van der Waals surface area contributed by atoms with Gasteiger partial charge in [0, 0.05) is 24.7 Å². The minimum absolute atomic E-state index is 0.00685. The molecular formula is C21H19F3O5. The molecule has 0 aromatic heterocycles. The average Bonchev–Trinajstić information content (AvgIpc) is 2.64. The number of rotatable bonds is 4. The average molecular weight is 408 g/mol. The standard InChI is InChI=1S/C21H19F3O5/c1-12-10-14-17(9-8-15(25)18(14)16(26)11-12)29-19(27)20(28-2,21(22,23)24)13-6-4-3-5-7-13/h3-7,10-11,17,26H,8-9H2,1-2H3/t17-,20-/m0/s1. The second-order valence-electron chi connectivity index (χ2n) is 6.85. The summed E-state index contributed by atoms with van der Waals surface area (Å²) in [5, 5.41) is 10.1. The number of hydrogen-bond acceptors (Lipinski definition) is 5. The monoisotopic (exact) mass is 408 g/mol. The zero-order valence-corrected chi connectivity index (χ0v) is 15.7. The third-order valence-electron chi connectivity index (χ3n) is 4.97. The molecule has 1 N–H and O–H groups in total. The minimum atomic E-state index is -5.09. The third kappa shape index (κ3) is 3.48. The Bertz CT molecular complexity index is 939. The summed E-state index contributed by atoms with van der Waals surface area (Å²) in [7, 11) is 0.788. The van der Waals surface area contributed by atoms with Gasteiger partial charge in [-0.2, -0.15) is 13.2 Å². The van der Waals surface area contributed by atoms with Gasteiger partial charge in [0.05, 0.1) is 5.56 Å². The van der Waals surface area contributed by atoms with Gasteiger partial charge in [-0.05, 0) is 25.0 Å². The Morgan fingerprint density at radius 1 is 1.17 bits per heavy atom. The highest BCUT2D eigenvalue weighted by atomic mass is 19.4. The number of ether oxygens (including phenoxy) is 2. The molecule has 0 spiro atoms. The van der Waals surface area contributed by atoms with E-state index in [1.807, 2.05) is 0 Å². The second-order valence-corrected chi connectivity index (χ2v) is 6.85. The van der Waals surface area contributed by atoms with Crippen LogP contribution in [-0.4, -0.2) is 30.1 Å². The normalized spacial score (nSPS) is 18.7. The number of Topliss-reactive ketones (excluding diaryl/α,β-unsaturated/α-hetero) is 1. The molecule has 0 heterocycles. The van der Waals surface area contributed by atoms with E-state index in [2.05, 4.69) is 0 Å². The maximum Gasteiger partial charge on any atom is 0.432 e. The highest BCUT2D eigenvalue weighted by molar-refractivity contribution is 6.01. The Morgan fingerprint density at radius 2 is 1.83 bits per heavy atom. The molecule has 2 aromatic rings. The molecule has 5 nitrogen and oxygen atoms in total. The van der Waals surface area contributed by atoms with Crippen LogP contribution in [0.2, 0.25) is 0 Å². The molecule has 0 amide bonds. The number of methoxy groups -OCH3 is 1. The zero-order chi connectivity index (χ0) is 21.4. The molecule has 0 bridgehead atoms. The fourth-order valence-electron chi connectivity index (χ4n) is 3.62. The summed E-state index contributed by atoms with van der Waals surface area (Å²) >= 11 is 0. The number of esters is 1. The van der Waals surface area contributed by atoms with E-state index < -0.39 is 29.4 Å². The zero-order valence-electron chi connectivity index (χ0n) is 15.7. The first kappa shape index (κ1) is 20.9. The predicted octanol–water partition coefficient (Wildman–Crippen LogP) is 4.37. The minimum Gasteiger partial charge on any atom is -0.507 e. The van der Waals surface area contributed by atoms with Crippen LogP contribution < -0.4 is 0 Å². The molecule has 0 aliphatic heterocycles. The van der Waals surface area contributed by atoms with Crippen LogP contribution in [0.15, 0.2) is 42.5 Å². The molecule has 154 valence electrons. The first-order valence-electron chi connectivity index (χ1n) is 8.87. The SMILES string of the molecule is CO[C@](C(=O)O[C@H]1CCC(=O)c2c(O)cc(C)cc21)(c1ccccc1)C(F)(F)F. The van der Waals surface area contributed by atoms with Crippen LogP contribution in [0.5, 0.6) is 5.75 Å². The molecule has 8 heteroatoms. The molecule has 0 fully saturated rings. The van der Waals surface area contributed by atoms with Crippen LogP contribution in [0.1, 0.15) is 46.0 Å². The van der Waals surface area contributed by atoms with E-state index in [4.69, 9.17) is 9.47 Å². The first-order chi connectivity index (χ1) is 13.6. The van der Waals surface area contributed by atoms with E-state index in [9.17, 15) is 27.9 Å². The van der Waals surface area contributed by atoms with Crippen molar-refractivity contribution in [2.75, 3.05) is 7.11 Å². The lowest BCUT2D eigenvalue weighted by Crippen LogP contribution is -2.52. The molecular weight excluding hydrogens is 389 g/mol. The number of aryl methyl sites for hydroxylation is 1. The summed E-state index contributed by atoms with van der Waals surface area (Å²) in [5.74, 6) is -2.28. The number of carbonyl (C=O) groups is 2. The number of halogens is 3. The summed E-state index contributed by atoms with van der Waals surface area (Å²) in [4.78, 5) is 25.0. The van der Waals surface area contributed by atoms with Crippen molar-refractivity contribution in [1.82, 2.24) is 0 Å². The van der Waals surface area contributed by atoms with Crippen LogP contribution in [-0.2, 0) is 19.9 Å². The Balaban J connectivity index is 2.05. The van der Waals surface area contributed by atoms with Crippen molar-refractivity contribution in [3.63, 3.8) is 0 Å². The molecule has 1 aliphatic carbocycles. The number of fused-ring (bicyclic) bond motifs is 1. The Hall–Kier alpha value is -2.87. The largest absolute Gasteiger partial charge is 0.507 e. The Kier molecular flexibility index (Phi) is 5.40. The molecule has 29 heavy (non-hydrogen) atoms. The molecule has 3 rings (SSSR count). The van der Waals surface area contributed by atoms with Crippen LogP contribution in [0, 0.1) is 6.92 Å². The van der Waals surface area contributed by atoms with E-state index >= 15 is 0 Å². The number of benzene rings is 2. The highest BCUT2D eigenvalue weighted by Gasteiger charge is 2.64. The number of hydrogen-bond donors (Lipinski definition) is 1. The molecule has 2 atom stereocenters. The van der Waals surface area contributed by atoms with Crippen molar-refractivity contribution >= 4 is 11.8 Å². The Labute approximate surface area is 165 Å². The van der Waals surface area contributed by atoms with Gasteiger partial charge < -0.3 is 14.6 Å². The summed E-state index contributed by atoms with van der Waals surface area (Å²) in [6, 6.07) is 9.39. The maximum absolute atomic E-state index is 14.0. The van der Waals surface area contributed by atoms with Crippen LogP contribution in [0.3, 0.4) is 0 Å².